The molecular formula is C16H28N2O2. The average molecular weight is 280 g/mol. The summed E-state index contributed by atoms with van der Waals surface area (Å²) in [5, 5.41) is 0. The minimum absolute atomic E-state index is 0.144. The highest BCUT2D eigenvalue weighted by molar-refractivity contribution is 5.80. The Hall–Kier alpha value is -1.06. The molecule has 0 bridgehead atoms. The summed E-state index contributed by atoms with van der Waals surface area (Å²) in [6.07, 6.45) is 5.62. The molecule has 2 saturated heterocycles. The molecule has 0 radical (unpaired) electrons. The third-order valence-electron chi connectivity index (χ3n) is 4.63. The SMILES string of the molecule is CCCC(=O)N1CCC(C(=O)N2CCCC(C)C2)CC1. The summed E-state index contributed by atoms with van der Waals surface area (Å²) in [5.41, 5.74) is 0. The van der Waals surface area contributed by atoms with E-state index < -0.39 is 0 Å². The van der Waals surface area contributed by atoms with E-state index in [-0.39, 0.29) is 11.8 Å². The molecule has 2 fully saturated rings. The molecule has 2 heterocycles. The van der Waals surface area contributed by atoms with E-state index in [4.69, 9.17) is 0 Å². The average Bonchev–Trinajstić information content (AvgIpc) is 2.47. The molecule has 1 atom stereocenters. The van der Waals surface area contributed by atoms with E-state index in [0.29, 0.717) is 18.2 Å². The highest BCUT2D eigenvalue weighted by atomic mass is 16.2. The second kappa shape index (κ2) is 7.09. The Morgan fingerprint density at radius 3 is 2.35 bits per heavy atom. The topological polar surface area (TPSA) is 40.6 Å². The van der Waals surface area contributed by atoms with Crippen molar-refractivity contribution in [2.24, 2.45) is 11.8 Å². The van der Waals surface area contributed by atoms with Gasteiger partial charge in [0.1, 0.15) is 0 Å². The van der Waals surface area contributed by atoms with E-state index in [0.717, 1.165) is 51.9 Å². The quantitative estimate of drug-likeness (QED) is 0.796. The molecule has 0 aromatic rings. The fraction of sp³-hybridized carbons (Fsp3) is 0.875. The largest absolute Gasteiger partial charge is 0.343 e. The van der Waals surface area contributed by atoms with Gasteiger partial charge < -0.3 is 9.80 Å². The van der Waals surface area contributed by atoms with Crippen molar-refractivity contribution < 1.29 is 9.59 Å². The Labute approximate surface area is 122 Å². The molecule has 0 saturated carbocycles. The maximum absolute atomic E-state index is 12.5. The van der Waals surface area contributed by atoms with Crippen molar-refractivity contribution in [3.05, 3.63) is 0 Å². The van der Waals surface area contributed by atoms with Crippen molar-refractivity contribution >= 4 is 11.8 Å². The highest BCUT2D eigenvalue weighted by Gasteiger charge is 2.31. The van der Waals surface area contributed by atoms with Crippen LogP contribution in [-0.2, 0) is 9.59 Å². The molecule has 4 nitrogen and oxygen atoms in total. The predicted molar refractivity (Wildman–Crippen MR) is 79.2 cm³/mol. The molecule has 0 aromatic heterocycles. The lowest BCUT2D eigenvalue weighted by Crippen LogP contribution is -2.46. The van der Waals surface area contributed by atoms with Gasteiger partial charge in [-0.15, -0.1) is 0 Å². The fourth-order valence-corrected chi connectivity index (χ4v) is 3.40. The zero-order valence-electron chi connectivity index (χ0n) is 12.9. The second-order valence-corrected chi connectivity index (χ2v) is 6.44. The van der Waals surface area contributed by atoms with Gasteiger partial charge in [0, 0.05) is 38.5 Å². The van der Waals surface area contributed by atoms with Gasteiger partial charge in [-0.2, -0.15) is 0 Å². The van der Waals surface area contributed by atoms with Gasteiger partial charge in [0.15, 0.2) is 0 Å². The van der Waals surface area contributed by atoms with Crippen molar-refractivity contribution in [3.63, 3.8) is 0 Å². The molecule has 20 heavy (non-hydrogen) atoms. The summed E-state index contributed by atoms with van der Waals surface area (Å²) in [5.74, 6) is 1.37. The van der Waals surface area contributed by atoms with Gasteiger partial charge in [-0.1, -0.05) is 13.8 Å². The first kappa shape index (κ1) is 15.3. The van der Waals surface area contributed by atoms with Gasteiger partial charge in [-0.25, -0.2) is 0 Å². The van der Waals surface area contributed by atoms with E-state index in [1.165, 1.54) is 6.42 Å². The number of carbonyl (C=O) groups is 2. The number of rotatable bonds is 3. The summed E-state index contributed by atoms with van der Waals surface area (Å²) in [6, 6.07) is 0. The summed E-state index contributed by atoms with van der Waals surface area (Å²) >= 11 is 0. The summed E-state index contributed by atoms with van der Waals surface area (Å²) < 4.78 is 0. The molecule has 0 N–H and O–H groups in total. The summed E-state index contributed by atoms with van der Waals surface area (Å²) in [4.78, 5) is 28.4. The van der Waals surface area contributed by atoms with Crippen molar-refractivity contribution in [3.8, 4) is 0 Å². The molecule has 114 valence electrons. The van der Waals surface area contributed by atoms with Gasteiger partial charge in [-0.05, 0) is 38.0 Å². The molecular weight excluding hydrogens is 252 g/mol. The van der Waals surface area contributed by atoms with Crippen LogP contribution in [0.4, 0.5) is 0 Å². The first-order chi connectivity index (χ1) is 9.61. The van der Waals surface area contributed by atoms with Gasteiger partial charge in [0.25, 0.3) is 0 Å². The monoisotopic (exact) mass is 280 g/mol. The van der Waals surface area contributed by atoms with Gasteiger partial charge in [0.05, 0.1) is 0 Å². The number of hydrogen-bond acceptors (Lipinski definition) is 2. The molecule has 2 aliphatic rings. The lowest BCUT2D eigenvalue weighted by atomic mass is 9.92. The third kappa shape index (κ3) is 3.74. The third-order valence-corrected chi connectivity index (χ3v) is 4.63. The Morgan fingerprint density at radius 2 is 1.75 bits per heavy atom. The molecule has 0 aromatic carbocycles. The van der Waals surface area contributed by atoms with Crippen LogP contribution >= 0.6 is 0 Å². The number of likely N-dealkylation sites (tertiary alicyclic amines) is 2. The van der Waals surface area contributed by atoms with Crippen LogP contribution in [0, 0.1) is 11.8 Å². The van der Waals surface area contributed by atoms with Crippen LogP contribution in [0.15, 0.2) is 0 Å². The number of piperidine rings is 2. The standard InChI is InChI=1S/C16H28N2O2/c1-3-5-15(19)17-10-7-14(8-11-17)16(20)18-9-4-6-13(2)12-18/h13-14H,3-12H2,1-2H3. The van der Waals surface area contributed by atoms with E-state index in [1.807, 2.05) is 11.8 Å². The fourth-order valence-electron chi connectivity index (χ4n) is 3.40. The van der Waals surface area contributed by atoms with Crippen LogP contribution in [0.2, 0.25) is 0 Å². The molecule has 2 rings (SSSR count). The van der Waals surface area contributed by atoms with E-state index in [1.54, 1.807) is 0 Å². The lowest BCUT2D eigenvalue weighted by Gasteiger charge is -2.37. The molecule has 2 aliphatic heterocycles. The number of nitrogens with zero attached hydrogens (tertiary/aromatic N) is 2. The normalized spacial score (nSPS) is 24.8. The van der Waals surface area contributed by atoms with E-state index in [9.17, 15) is 9.59 Å². The Kier molecular flexibility index (Phi) is 5.44. The molecule has 2 amide bonds. The smallest absolute Gasteiger partial charge is 0.225 e. The number of amides is 2. The zero-order valence-corrected chi connectivity index (χ0v) is 12.9. The van der Waals surface area contributed by atoms with Crippen molar-refractivity contribution in [1.82, 2.24) is 9.80 Å². The Morgan fingerprint density at radius 1 is 1.05 bits per heavy atom. The predicted octanol–water partition coefficient (Wildman–Crippen LogP) is 2.28. The molecule has 4 heteroatoms. The molecule has 1 unspecified atom stereocenters. The molecule has 0 spiro atoms. The van der Waals surface area contributed by atoms with Crippen molar-refractivity contribution in [2.75, 3.05) is 26.2 Å². The van der Waals surface area contributed by atoms with Crippen LogP contribution in [-0.4, -0.2) is 47.8 Å². The lowest BCUT2D eigenvalue weighted by molar-refractivity contribution is -0.142. The Balaban J connectivity index is 1.81. The first-order valence-corrected chi connectivity index (χ1v) is 8.18. The summed E-state index contributed by atoms with van der Waals surface area (Å²) in [7, 11) is 0. The summed E-state index contributed by atoms with van der Waals surface area (Å²) in [6.45, 7) is 7.64. The molecule has 0 aliphatic carbocycles. The highest BCUT2D eigenvalue weighted by Crippen LogP contribution is 2.23. The van der Waals surface area contributed by atoms with Crippen LogP contribution < -0.4 is 0 Å². The first-order valence-electron chi connectivity index (χ1n) is 8.18. The van der Waals surface area contributed by atoms with E-state index in [2.05, 4.69) is 11.8 Å². The number of carbonyl (C=O) groups excluding carboxylic acids is 2. The van der Waals surface area contributed by atoms with Crippen LogP contribution in [0.1, 0.15) is 52.4 Å². The van der Waals surface area contributed by atoms with Crippen LogP contribution in [0.5, 0.6) is 0 Å². The van der Waals surface area contributed by atoms with E-state index >= 15 is 0 Å². The zero-order chi connectivity index (χ0) is 14.5. The minimum atomic E-state index is 0.144. The second-order valence-electron chi connectivity index (χ2n) is 6.44. The van der Waals surface area contributed by atoms with Crippen molar-refractivity contribution in [1.29, 1.82) is 0 Å². The number of hydrogen-bond donors (Lipinski definition) is 0. The maximum atomic E-state index is 12.5. The minimum Gasteiger partial charge on any atom is -0.343 e. The maximum Gasteiger partial charge on any atom is 0.225 e. The van der Waals surface area contributed by atoms with Gasteiger partial charge in [-0.3, -0.25) is 9.59 Å². The Bertz CT molecular complexity index is 348. The van der Waals surface area contributed by atoms with Crippen molar-refractivity contribution in [2.45, 2.75) is 52.4 Å². The van der Waals surface area contributed by atoms with Crippen LogP contribution in [0.3, 0.4) is 0 Å². The van der Waals surface area contributed by atoms with Gasteiger partial charge in [0.2, 0.25) is 11.8 Å². The van der Waals surface area contributed by atoms with Crippen LogP contribution in [0.25, 0.3) is 0 Å². The van der Waals surface area contributed by atoms with Gasteiger partial charge >= 0.3 is 0 Å².